The van der Waals surface area contributed by atoms with Crippen molar-refractivity contribution in [3.05, 3.63) is 41.7 Å². The van der Waals surface area contributed by atoms with E-state index in [1.54, 1.807) is 6.92 Å². The molecule has 0 fully saturated rings. The molecule has 12 heteroatoms. The number of amides is 2. The third-order valence-electron chi connectivity index (χ3n) is 3.72. The van der Waals surface area contributed by atoms with E-state index in [1.165, 1.54) is 13.1 Å². The molecule has 1 aliphatic rings. The summed E-state index contributed by atoms with van der Waals surface area (Å²) in [5.41, 5.74) is 0.148. The number of urea groups is 1. The second-order valence-corrected chi connectivity index (χ2v) is 7.42. The zero-order valence-electron chi connectivity index (χ0n) is 14.7. The van der Waals surface area contributed by atoms with Crippen molar-refractivity contribution in [1.82, 2.24) is 15.5 Å². The van der Waals surface area contributed by atoms with Crippen molar-refractivity contribution < 1.29 is 31.1 Å². The molecule has 0 aromatic heterocycles. The molecule has 1 heterocycles. The highest BCUT2D eigenvalue weighted by atomic mass is 32.2. The van der Waals surface area contributed by atoms with Crippen LogP contribution in [0.4, 0.5) is 23.7 Å². The lowest BCUT2D eigenvalue weighted by molar-refractivity contribution is -0.101. The molecule has 8 nitrogen and oxygen atoms in total. The van der Waals surface area contributed by atoms with Gasteiger partial charge in [0.25, 0.3) is 0 Å². The van der Waals surface area contributed by atoms with Crippen molar-refractivity contribution in [3.63, 3.8) is 0 Å². The maximum atomic E-state index is 13.8. The quantitative estimate of drug-likeness (QED) is 0.750. The first-order chi connectivity index (χ1) is 12.6. The van der Waals surface area contributed by atoms with Crippen LogP contribution in [0.2, 0.25) is 0 Å². The number of halogens is 3. The van der Waals surface area contributed by atoms with Crippen molar-refractivity contribution in [1.29, 1.82) is 0 Å². The zero-order chi connectivity index (χ0) is 20.4. The fourth-order valence-electron chi connectivity index (χ4n) is 2.68. The minimum absolute atomic E-state index is 0.00417. The number of hydrogen-bond acceptors (Lipinski definition) is 5. The number of sulfonamides is 1. The highest BCUT2D eigenvalue weighted by molar-refractivity contribution is 7.92. The Morgan fingerprint density at radius 1 is 1.44 bits per heavy atom. The van der Waals surface area contributed by atoms with Crippen LogP contribution in [-0.4, -0.2) is 45.8 Å². The molecule has 1 atom stereocenters. The van der Waals surface area contributed by atoms with Gasteiger partial charge in [-0.1, -0.05) is 6.07 Å². The molecule has 0 spiro atoms. The molecular weight excluding hydrogens is 389 g/mol. The Bertz CT molecular complexity index is 847. The lowest BCUT2D eigenvalue weighted by Crippen LogP contribution is -2.39. The Morgan fingerprint density at radius 2 is 2.11 bits per heavy atom. The maximum Gasteiger partial charge on any atom is 0.388 e. The van der Waals surface area contributed by atoms with Crippen LogP contribution in [0.1, 0.15) is 18.7 Å². The fourth-order valence-corrected chi connectivity index (χ4v) is 3.67. The van der Waals surface area contributed by atoms with E-state index in [9.17, 15) is 26.4 Å². The van der Waals surface area contributed by atoms with Crippen molar-refractivity contribution in [2.75, 3.05) is 24.2 Å². The zero-order valence-corrected chi connectivity index (χ0v) is 15.6. The number of carbonyl (C=O) groups excluding carboxylic acids is 1. The molecule has 0 bridgehead atoms. The second-order valence-electron chi connectivity index (χ2n) is 5.51. The van der Waals surface area contributed by atoms with E-state index in [2.05, 4.69) is 15.4 Å². The highest BCUT2D eigenvalue weighted by Crippen LogP contribution is 2.35. The Hall–Kier alpha value is -2.63. The second kappa shape index (κ2) is 7.94. The van der Waals surface area contributed by atoms with Gasteiger partial charge in [0.05, 0.1) is 18.1 Å². The molecule has 0 radical (unpaired) electrons. The Kier molecular flexibility index (Phi) is 6.08. The number of hydrogen-bond donors (Lipinski definition) is 2. The van der Waals surface area contributed by atoms with Gasteiger partial charge in [0.15, 0.2) is 0 Å². The molecule has 2 N–H and O–H groups in total. The molecule has 0 aliphatic carbocycles. The van der Waals surface area contributed by atoms with E-state index in [1.807, 2.05) is 0 Å². The van der Waals surface area contributed by atoms with Gasteiger partial charge in [-0.05, 0) is 19.1 Å². The molecule has 1 aromatic rings. The van der Waals surface area contributed by atoms with E-state index in [0.29, 0.717) is 0 Å². The number of nitrogens with one attached hydrogen (secondary N) is 2. The number of ether oxygens (including phenoxy) is 1. The Morgan fingerprint density at radius 3 is 2.63 bits per heavy atom. The normalized spacial score (nSPS) is 16.8. The summed E-state index contributed by atoms with van der Waals surface area (Å²) in [4.78, 5) is 13.1. The first kappa shape index (κ1) is 20.7. The van der Waals surface area contributed by atoms with Crippen LogP contribution in [0.5, 0.6) is 0 Å². The summed E-state index contributed by atoms with van der Waals surface area (Å²) in [5.74, 6) is -1.09. The van der Waals surface area contributed by atoms with Crippen LogP contribution in [-0.2, 0) is 14.8 Å². The lowest BCUT2D eigenvalue weighted by Gasteiger charge is -2.29. The first-order valence-corrected chi connectivity index (χ1v) is 9.63. The fraction of sp³-hybridized carbons (Fsp3) is 0.400. The predicted octanol–water partition coefficient (Wildman–Crippen LogP) is 1.89. The molecule has 0 saturated heterocycles. The van der Waals surface area contributed by atoms with E-state index in [4.69, 9.17) is 0 Å². The van der Waals surface area contributed by atoms with Gasteiger partial charge < -0.3 is 15.4 Å². The summed E-state index contributed by atoms with van der Waals surface area (Å²) < 4.78 is 68.3. The van der Waals surface area contributed by atoms with Crippen LogP contribution in [0.15, 0.2) is 30.3 Å². The van der Waals surface area contributed by atoms with Gasteiger partial charge in [0, 0.05) is 19.2 Å². The minimum atomic E-state index is -3.76. The van der Waals surface area contributed by atoms with E-state index in [0.717, 1.165) is 33.8 Å². The molecular formula is C15H19F3N4O4S. The van der Waals surface area contributed by atoms with Crippen LogP contribution >= 0.6 is 0 Å². The van der Waals surface area contributed by atoms with Gasteiger partial charge in [0.2, 0.25) is 15.9 Å². The molecule has 0 saturated carbocycles. The van der Waals surface area contributed by atoms with Gasteiger partial charge in [-0.15, -0.1) is 0 Å². The third kappa shape index (κ3) is 4.56. The largest absolute Gasteiger partial charge is 0.418 e. The number of rotatable bonds is 6. The maximum absolute atomic E-state index is 13.8. The van der Waals surface area contributed by atoms with Crippen LogP contribution < -0.4 is 14.9 Å². The summed E-state index contributed by atoms with van der Waals surface area (Å²) in [5, 5.41) is 4.91. The Balaban J connectivity index is 2.54. The molecule has 150 valence electrons. The summed E-state index contributed by atoms with van der Waals surface area (Å²) >= 11 is 0. The van der Waals surface area contributed by atoms with E-state index in [-0.39, 0.29) is 17.8 Å². The summed E-state index contributed by atoms with van der Waals surface area (Å²) in [7, 11) is -2.43. The van der Waals surface area contributed by atoms with Gasteiger partial charge in [0.1, 0.15) is 12.0 Å². The van der Waals surface area contributed by atoms with Gasteiger partial charge in [-0.25, -0.2) is 17.6 Å². The standard InChI is InChI=1S/C15H19F3N4O4S/c1-4-22(27(3,24)25)11-7-9(16)5-6-10(11)13-20-12(26-14(17)18)8-21(13)15(23)19-2/h5-8,13-14,20H,4H2,1-3H3,(H,19,23). The van der Waals surface area contributed by atoms with Crippen molar-refractivity contribution in [2.45, 2.75) is 19.7 Å². The average molecular weight is 408 g/mol. The van der Waals surface area contributed by atoms with Gasteiger partial charge in [-0.3, -0.25) is 9.21 Å². The summed E-state index contributed by atoms with van der Waals surface area (Å²) in [6.07, 6.45) is 0.873. The van der Waals surface area contributed by atoms with Crippen molar-refractivity contribution in [2.24, 2.45) is 0 Å². The SMILES string of the molecule is CCN(c1cc(F)ccc1C1NC(OC(F)F)=CN1C(=O)NC)S(C)(=O)=O. The van der Waals surface area contributed by atoms with Crippen molar-refractivity contribution >= 4 is 21.7 Å². The number of alkyl halides is 2. The monoisotopic (exact) mass is 408 g/mol. The summed E-state index contributed by atoms with van der Waals surface area (Å²) in [6.45, 7) is -1.59. The Labute approximate surface area is 154 Å². The summed E-state index contributed by atoms with van der Waals surface area (Å²) in [6, 6.07) is 2.67. The number of benzene rings is 1. The topological polar surface area (TPSA) is 91.0 Å². The predicted molar refractivity (Wildman–Crippen MR) is 91.6 cm³/mol. The van der Waals surface area contributed by atoms with Crippen molar-refractivity contribution in [3.8, 4) is 0 Å². The molecule has 2 rings (SSSR count). The van der Waals surface area contributed by atoms with Crippen LogP contribution in [0, 0.1) is 5.82 Å². The molecule has 1 aromatic carbocycles. The molecule has 1 aliphatic heterocycles. The number of anilines is 1. The van der Waals surface area contributed by atoms with Gasteiger partial charge in [-0.2, -0.15) is 8.78 Å². The average Bonchev–Trinajstić information content (AvgIpc) is 2.96. The molecule has 27 heavy (non-hydrogen) atoms. The number of nitrogens with zero attached hydrogens (tertiary/aromatic N) is 2. The van der Waals surface area contributed by atoms with E-state index < -0.39 is 40.5 Å². The number of carbonyl (C=O) groups is 1. The van der Waals surface area contributed by atoms with Crippen LogP contribution in [0.25, 0.3) is 0 Å². The molecule has 1 unspecified atom stereocenters. The highest BCUT2D eigenvalue weighted by Gasteiger charge is 2.35. The van der Waals surface area contributed by atoms with Gasteiger partial charge >= 0.3 is 12.6 Å². The smallest absolute Gasteiger partial charge is 0.388 e. The van der Waals surface area contributed by atoms with Crippen LogP contribution in [0.3, 0.4) is 0 Å². The van der Waals surface area contributed by atoms with E-state index >= 15 is 0 Å². The minimum Gasteiger partial charge on any atom is -0.418 e. The molecule has 2 amide bonds. The lowest BCUT2D eigenvalue weighted by atomic mass is 10.1. The first-order valence-electron chi connectivity index (χ1n) is 7.78. The third-order valence-corrected chi connectivity index (χ3v) is 4.98.